The normalized spacial score (nSPS) is 16.8. The van der Waals surface area contributed by atoms with Crippen LogP contribution >= 0.6 is 0 Å². The number of anilines is 2. The summed E-state index contributed by atoms with van der Waals surface area (Å²) in [7, 11) is 0. The number of aliphatic hydroxyl groups is 6. The maximum absolute atomic E-state index is 9.84. The topological polar surface area (TPSA) is 151 Å². The molecule has 4 unspecified atom stereocenters. The van der Waals surface area contributed by atoms with Gasteiger partial charge >= 0.3 is 0 Å². The second-order valence-electron chi connectivity index (χ2n) is 5.13. The number of aliphatic hydroxyl groups excluding tert-OH is 6. The monoisotopic (exact) mass is 316 g/mol. The van der Waals surface area contributed by atoms with Crippen LogP contribution in [0.3, 0.4) is 0 Å². The standard InChI is InChI=1S/C14H24N2O6/c15-9-1-3-10(4-2-9)16(5-11(19)13(21)7-17)6-12(20)14(22)8-18/h1-4,11-14,17-22H,5-8,15H2. The van der Waals surface area contributed by atoms with Crippen molar-refractivity contribution in [2.45, 2.75) is 24.4 Å². The van der Waals surface area contributed by atoms with Crippen molar-refractivity contribution in [3.63, 3.8) is 0 Å². The number of nitrogens with zero attached hydrogens (tertiary/aromatic N) is 1. The molecule has 0 aliphatic rings. The zero-order valence-corrected chi connectivity index (χ0v) is 12.2. The first-order valence-electron chi connectivity index (χ1n) is 6.93. The van der Waals surface area contributed by atoms with Crippen LogP contribution in [-0.4, -0.2) is 81.4 Å². The van der Waals surface area contributed by atoms with E-state index in [9.17, 15) is 20.4 Å². The summed E-state index contributed by atoms with van der Waals surface area (Å²) < 4.78 is 0. The highest BCUT2D eigenvalue weighted by atomic mass is 16.4. The Bertz CT molecular complexity index is 412. The molecule has 0 aliphatic heterocycles. The first-order valence-corrected chi connectivity index (χ1v) is 6.93. The average molecular weight is 316 g/mol. The van der Waals surface area contributed by atoms with Gasteiger partial charge in [-0.15, -0.1) is 0 Å². The molecule has 0 saturated heterocycles. The van der Waals surface area contributed by atoms with Gasteiger partial charge in [-0.05, 0) is 24.3 Å². The molecule has 0 aliphatic carbocycles. The molecule has 0 saturated carbocycles. The number of rotatable bonds is 9. The fourth-order valence-electron chi connectivity index (χ4n) is 1.91. The van der Waals surface area contributed by atoms with Gasteiger partial charge in [0, 0.05) is 24.5 Å². The van der Waals surface area contributed by atoms with E-state index >= 15 is 0 Å². The summed E-state index contributed by atoms with van der Waals surface area (Å²) in [6, 6.07) is 6.58. The van der Waals surface area contributed by atoms with Crippen molar-refractivity contribution in [2.24, 2.45) is 0 Å². The molecule has 0 aromatic heterocycles. The van der Waals surface area contributed by atoms with Gasteiger partial charge in [-0.1, -0.05) is 0 Å². The van der Waals surface area contributed by atoms with Crippen LogP contribution in [0.2, 0.25) is 0 Å². The van der Waals surface area contributed by atoms with Crippen molar-refractivity contribution in [3.8, 4) is 0 Å². The molecule has 0 heterocycles. The van der Waals surface area contributed by atoms with Crippen molar-refractivity contribution in [1.29, 1.82) is 0 Å². The predicted molar refractivity (Wildman–Crippen MR) is 81.3 cm³/mol. The van der Waals surface area contributed by atoms with Crippen LogP contribution < -0.4 is 10.6 Å². The van der Waals surface area contributed by atoms with Gasteiger partial charge in [-0.2, -0.15) is 0 Å². The Hall–Kier alpha value is -1.42. The lowest BCUT2D eigenvalue weighted by molar-refractivity contribution is -0.0198. The molecular weight excluding hydrogens is 292 g/mol. The van der Waals surface area contributed by atoms with E-state index in [0.29, 0.717) is 11.4 Å². The third kappa shape index (κ3) is 5.41. The van der Waals surface area contributed by atoms with Gasteiger partial charge in [-0.25, -0.2) is 0 Å². The molecule has 1 aromatic rings. The first kappa shape index (κ1) is 18.6. The summed E-state index contributed by atoms with van der Waals surface area (Å²) in [5, 5.41) is 56.3. The maximum Gasteiger partial charge on any atom is 0.105 e. The molecule has 0 spiro atoms. The third-order valence-corrected chi connectivity index (χ3v) is 3.34. The SMILES string of the molecule is Nc1ccc(N(CC(O)C(O)CO)CC(O)C(O)CO)cc1. The van der Waals surface area contributed by atoms with Crippen LogP contribution in [-0.2, 0) is 0 Å². The van der Waals surface area contributed by atoms with E-state index in [4.69, 9.17) is 15.9 Å². The lowest BCUT2D eigenvalue weighted by Crippen LogP contribution is -2.46. The highest BCUT2D eigenvalue weighted by molar-refractivity contribution is 5.53. The maximum atomic E-state index is 9.84. The number of nitrogen functional groups attached to an aromatic ring is 1. The minimum absolute atomic E-state index is 0.0825. The number of hydrogen-bond acceptors (Lipinski definition) is 8. The number of benzene rings is 1. The van der Waals surface area contributed by atoms with Crippen LogP contribution in [0.4, 0.5) is 11.4 Å². The fourth-order valence-corrected chi connectivity index (χ4v) is 1.91. The van der Waals surface area contributed by atoms with E-state index in [1.165, 1.54) is 4.90 Å². The van der Waals surface area contributed by atoms with Crippen molar-refractivity contribution in [3.05, 3.63) is 24.3 Å². The van der Waals surface area contributed by atoms with E-state index in [1.807, 2.05) is 0 Å². The van der Waals surface area contributed by atoms with Crippen molar-refractivity contribution in [1.82, 2.24) is 0 Å². The van der Waals surface area contributed by atoms with Gasteiger partial charge in [0.05, 0.1) is 25.4 Å². The average Bonchev–Trinajstić information content (AvgIpc) is 2.53. The largest absolute Gasteiger partial charge is 0.399 e. The molecule has 126 valence electrons. The summed E-state index contributed by atoms with van der Waals surface area (Å²) in [6.07, 6.45) is -5.14. The van der Waals surface area contributed by atoms with Crippen molar-refractivity contribution < 1.29 is 30.6 Å². The van der Waals surface area contributed by atoms with E-state index in [1.54, 1.807) is 24.3 Å². The zero-order valence-electron chi connectivity index (χ0n) is 12.2. The van der Waals surface area contributed by atoms with Crippen molar-refractivity contribution >= 4 is 11.4 Å². The fraction of sp³-hybridized carbons (Fsp3) is 0.571. The summed E-state index contributed by atoms with van der Waals surface area (Å²) in [5.41, 5.74) is 6.74. The van der Waals surface area contributed by atoms with Crippen LogP contribution in [0.15, 0.2) is 24.3 Å². The van der Waals surface area contributed by atoms with Gasteiger partial charge in [-0.3, -0.25) is 0 Å². The van der Waals surface area contributed by atoms with Crippen LogP contribution in [0, 0.1) is 0 Å². The Morgan fingerprint density at radius 1 is 0.773 bits per heavy atom. The smallest absolute Gasteiger partial charge is 0.105 e. The Kier molecular flexibility index (Phi) is 7.52. The molecule has 0 radical (unpaired) electrons. The summed E-state index contributed by atoms with van der Waals surface area (Å²) in [6.45, 7) is -1.36. The second kappa shape index (κ2) is 8.89. The molecule has 0 bridgehead atoms. The van der Waals surface area contributed by atoms with Crippen LogP contribution in [0.25, 0.3) is 0 Å². The van der Waals surface area contributed by atoms with E-state index in [-0.39, 0.29) is 13.1 Å². The summed E-state index contributed by atoms with van der Waals surface area (Å²) in [5.74, 6) is 0. The number of hydrogen-bond donors (Lipinski definition) is 7. The summed E-state index contributed by atoms with van der Waals surface area (Å²) in [4.78, 5) is 1.52. The highest BCUT2D eigenvalue weighted by Gasteiger charge is 2.24. The van der Waals surface area contributed by atoms with Gasteiger partial charge in [0.2, 0.25) is 0 Å². The van der Waals surface area contributed by atoms with Crippen LogP contribution in [0.1, 0.15) is 0 Å². The Morgan fingerprint density at radius 2 is 1.18 bits per heavy atom. The Labute approximate surface area is 128 Å². The molecule has 0 fully saturated rings. The Balaban J connectivity index is 2.87. The van der Waals surface area contributed by atoms with Gasteiger partial charge < -0.3 is 41.3 Å². The minimum atomic E-state index is -1.32. The lowest BCUT2D eigenvalue weighted by Gasteiger charge is -2.31. The molecule has 0 amide bonds. The molecule has 8 N–H and O–H groups in total. The van der Waals surface area contributed by atoms with E-state index in [2.05, 4.69) is 0 Å². The minimum Gasteiger partial charge on any atom is -0.399 e. The molecular formula is C14H24N2O6. The quantitative estimate of drug-likeness (QED) is 0.247. The molecule has 1 rings (SSSR count). The Morgan fingerprint density at radius 3 is 1.55 bits per heavy atom. The lowest BCUT2D eigenvalue weighted by atomic mass is 10.1. The van der Waals surface area contributed by atoms with Gasteiger partial charge in [0.1, 0.15) is 12.2 Å². The molecule has 22 heavy (non-hydrogen) atoms. The van der Waals surface area contributed by atoms with E-state index < -0.39 is 37.6 Å². The number of nitrogens with two attached hydrogens (primary N) is 1. The van der Waals surface area contributed by atoms with Gasteiger partial charge in [0.25, 0.3) is 0 Å². The highest BCUT2D eigenvalue weighted by Crippen LogP contribution is 2.18. The van der Waals surface area contributed by atoms with Gasteiger partial charge in [0.15, 0.2) is 0 Å². The first-order chi connectivity index (χ1) is 10.4. The third-order valence-electron chi connectivity index (χ3n) is 3.34. The molecule has 4 atom stereocenters. The second-order valence-corrected chi connectivity index (χ2v) is 5.13. The zero-order chi connectivity index (χ0) is 16.7. The predicted octanol–water partition coefficient (Wildman–Crippen LogP) is -2.50. The molecule has 8 heteroatoms. The van der Waals surface area contributed by atoms with Crippen LogP contribution in [0.5, 0.6) is 0 Å². The van der Waals surface area contributed by atoms with E-state index in [0.717, 1.165) is 0 Å². The summed E-state index contributed by atoms with van der Waals surface area (Å²) >= 11 is 0. The molecule has 8 nitrogen and oxygen atoms in total. The van der Waals surface area contributed by atoms with Crippen molar-refractivity contribution in [2.75, 3.05) is 36.9 Å². The molecule has 1 aromatic carbocycles.